The number of benzene rings is 1. The summed E-state index contributed by atoms with van der Waals surface area (Å²) in [4.78, 5) is 13.8. The van der Waals surface area contributed by atoms with Gasteiger partial charge in [-0.2, -0.15) is 0 Å². The van der Waals surface area contributed by atoms with E-state index in [9.17, 15) is 4.79 Å². The zero-order chi connectivity index (χ0) is 14.8. The summed E-state index contributed by atoms with van der Waals surface area (Å²) in [7, 11) is 5.77. The Morgan fingerprint density at radius 3 is 2.95 bits per heavy atom. The summed E-state index contributed by atoms with van der Waals surface area (Å²) in [5, 5.41) is 0. The highest BCUT2D eigenvalue weighted by atomic mass is 16.6. The molecule has 1 amide bonds. The van der Waals surface area contributed by atoms with E-state index in [0.717, 1.165) is 36.0 Å². The molecule has 2 fully saturated rings. The van der Waals surface area contributed by atoms with Gasteiger partial charge in [-0.05, 0) is 37.3 Å². The molecule has 3 rings (SSSR count). The van der Waals surface area contributed by atoms with Crippen LogP contribution in [-0.2, 0) is 9.47 Å². The minimum atomic E-state index is -0.245. The van der Waals surface area contributed by atoms with Crippen molar-refractivity contribution in [2.75, 3.05) is 19.7 Å². The van der Waals surface area contributed by atoms with Gasteiger partial charge in [0.2, 0.25) is 0 Å². The van der Waals surface area contributed by atoms with E-state index in [4.69, 9.17) is 17.3 Å². The molecular formula is C16H20BNO3. The molecule has 2 saturated heterocycles. The largest absolute Gasteiger partial charge is 0.439 e. The van der Waals surface area contributed by atoms with Gasteiger partial charge in [-0.15, -0.1) is 0 Å². The molecule has 2 aliphatic heterocycles. The van der Waals surface area contributed by atoms with Crippen LogP contribution in [0.1, 0.15) is 36.5 Å². The first-order chi connectivity index (χ1) is 10.1. The first-order valence-electron chi connectivity index (χ1n) is 7.56. The number of rotatable bonds is 3. The number of cyclic esters (lactones) is 1. The van der Waals surface area contributed by atoms with E-state index >= 15 is 0 Å². The van der Waals surface area contributed by atoms with Crippen molar-refractivity contribution < 1.29 is 14.3 Å². The third kappa shape index (κ3) is 3.23. The summed E-state index contributed by atoms with van der Waals surface area (Å²) < 4.78 is 11.2. The van der Waals surface area contributed by atoms with Crippen molar-refractivity contribution in [1.82, 2.24) is 4.90 Å². The SMILES string of the molecule is [B]c1ccc(C2CN(CC3CCCCO3)C(=O)O2)c(C)c1. The van der Waals surface area contributed by atoms with Crippen molar-refractivity contribution in [3.05, 3.63) is 29.3 Å². The maximum absolute atomic E-state index is 12.0. The van der Waals surface area contributed by atoms with Crippen LogP contribution in [0.5, 0.6) is 0 Å². The maximum Gasteiger partial charge on any atom is 0.410 e. The Balaban J connectivity index is 1.66. The number of nitrogens with zero attached hydrogens (tertiary/aromatic N) is 1. The molecule has 0 spiro atoms. The lowest BCUT2D eigenvalue weighted by Gasteiger charge is -2.25. The number of aryl methyl sites for hydroxylation is 1. The lowest BCUT2D eigenvalue weighted by atomic mass is 9.91. The van der Waals surface area contributed by atoms with Gasteiger partial charge in [0.25, 0.3) is 0 Å². The van der Waals surface area contributed by atoms with Gasteiger partial charge >= 0.3 is 6.09 Å². The monoisotopic (exact) mass is 285 g/mol. The van der Waals surface area contributed by atoms with E-state index in [1.807, 2.05) is 25.1 Å². The van der Waals surface area contributed by atoms with Crippen LogP contribution in [0.3, 0.4) is 0 Å². The zero-order valence-corrected chi connectivity index (χ0v) is 12.4. The molecule has 1 aromatic rings. The predicted octanol–water partition coefficient (Wildman–Crippen LogP) is 1.85. The number of carbonyl (C=O) groups excluding carboxylic acids is 1. The smallest absolute Gasteiger partial charge is 0.410 e. The Bertz CT molecular complexity index is 528. The van der Waals surface area contributed by atoms with Crippen molar-refractivity contribution >= 4 is 19.4 Å². The molecule has 5 heteroatoms. The van der Waals surface area contributed by atoms with Gasteiger partial charge in [-0.25, -0.2) is 4.79 Å². The fourth-order valence-corrected chi connectivity index (χ4v) is 3.08. The average molecular weight is 285 g/mol. The minimum Gasteiger partial charge on any atom is -0.439 e. The molecule has 0 N–H and O–H groups in total. The molecule has 0 saturated carbocycles. The molecule has 2 atom stereocenters. The van der Waals surface area contributed by atoms with E-state index in [2.05, 4.69) is 0 Å². The van der Waals surface area contributed by atoms with E-state index in [1.165, 1.54) is 6.42 Å². The Labute approximate surface area is 126 Å². The molecule has 110 valence electrons. The second kappa shape index (κ2) is 6.10. The van der Waals surface area contributed by atoms with Gasteiger partial charge < -0.3 is 14.4 Å². The number of amides is 1. The van der Waals surface area contributed by atoms with Crippen molar-refractivity contribution in [2.45, 2.75) is 38.4 Å². The molecule has 1 aromatic carbocycles. The molecule has 2 heterocycles. The molecule has 2 radical (unpaired) electrons. The van der Waals surface area contributed by atoms with Crippen LogP contribution in [0.2, 0.25) is 0 Å². The lowest BCUT2D eigenvalue weighted by Crippen LogP contribution is -2.36. The highest BCUT2D eigenvalue weighted by Gasteiger charge is 2.34. The first kappa shape index (κ1) is 14.5. The van der Waals surface area contributed by atoms with Gasteiger partial charge in [0.05, 0.1) is 19.2 Å². The van der Waals surface area contributed by atoms with Crippen LogP contribution in [-0.4, -0.2) is 44.6 Å². The van der Waals surface area contributed by atoms with E-state index in [0.29, 0.717) is 13.1 Å². The highest BCUT2D eigenvalue weighted by Crippen LogP contribution is 2.28. The standard InChI is InChI=1S/C16H20BNO3/c1-11-8-12(17)5-6-14(11)15-10-18(16(19)21-15)9-13-4-2-3-7-20-13/h5-6,8,13,15H,2-4,7,9-10H2,1H3. The van der Waals surface area contributed by atoms with E-state index in [-0.39, 0.29) is 18.3 Å². The summed E-state index contributed by atoms with van der Waals surface area (Å²) in [6, 6.07) is 5.71. The number of carbonyl (C=O) groups is 1. The van der Waals surface area contributed by atoms with Crippen molar-refractivity contribution in [3.63, 3.8) is 0 Å². The van der Waals surface area contributed by atoms with Gasteiger partial charge in [-0.3, -0.25) is 0 Å². The number of hydrogen-bond acceptors (Lipinski definition) is 3. The molecular weight excluding hydrogens is 265 g/mol. The number of ether oxygens (including phenoxy) is 2. The Kier molecular flexibility index (Phi) is 4.20. The van der Waals surface area contributed by atoms with Gasteiger partial charge in [-0.1, -0.05) is 23.7 Å². The molecule has 4 nitrogen and oxygen atoms in total. The van der Waals surface area contributed by atoms with E-state index < -0.39 is 0 Å². The van der Waals surface area contributed by atoms with Crippen LogP contribution in [0, 0.1) is 6.92 Å². The maximum atomic E-state index is 12.0. The average Bonchev–Trinajstić information content (AvgIpc) is 2.81. The van der Waals surface area contributed by atoms with Crippen LogP contribution in [0.25, 0.3) is 0 Å². The van der Waals surface area contributed by atoms with Crippen molar-refractivity contribution in [1.29, 1.82) is 0 Å². The third-order valence-electron chi connectivity index (χ3n) is 4.23. The minimum absolute atomic E-state index is 0.151. The lowest BCUT2D eigenvalue weighted by molar-refractivity contribution is 0.00223. The van der Waals surface area contributed by atoms with Gasteiger partial charge in [0, 0.05) is 6.61 Å². The summed E-state index contributed by atoms with van der Waals surface area (Å²) in [5.74, 6) is 0. The summed E-state index contributed by atoms with van der Waals surface area (Å²) in [6.07, 6.45) is 3.02. The fourth-order valence-electron chi connectivity index (χ4n) is 3.08. The normalized spacial score (nSPS) is 26.0. The summed E-state index contributed by atoms with van der Waals surface area (Å²) in [5.41, 5.74) is 2.82. The summed E-state index contributed by atoms with van der Waals surface area (Å²) in [6.45, 7) is 4.01. The number of hydrogen-bond donors (Lipinski definition) is 0. The van der Waals surface area contributed by atoms with Crippen molar-refractivity contribution in [2.24, 2.45) is 0 Å². The van der Waals surface area contributed by atoms with Gasteiger partial charge in [0.1, 0.15) is 14.0 Å². The highest BCUT2D eigenvalue weighted by molar-refractivity contribution is 6.32. The predicted molar refractivity (Wildman–Crippen MR) is 81.0 cm³/mol. The van der Waals surface area contributed by atoms with Crippen LogP contribution < -0.4 is 5.46 Å². The van der Waals surface area contributed by atoms with Crippen LogP contribution >= 0.6 is 0 Å². The molecule has 0 bridgehead atoms. The molecule has 0 aliphatic carbocycles. The molecule has 0 aromatic heterocycles. The van der Waals surface area contributed by atoms with Crippen LogP contribution in [0.4, 0.5) is 4.79 Å². The fraction of sp³-hybridized carbons (Fsp3) is 0.562. The van der Waals surface area contributed by atoms with Gasteiger partial charge in [0.15, 0.2) is 0 Å². The van der Waals surface area contributed by atoms with Crippen LogP contribution in [0.15, 0.2) is 18.2 Å². The Hall–Kier alpha value is -1.49. The molecule has 21 heavy (non-hydrogen) atoms. The second-order valence-corrected chi connectivity index (χ2v) is 5.88. The topological polar surface area (TPSA) is 38.8 Å². The zero-order valence-electron chi connectivity index (χ0n) is 12.4. The van der Waals surface area contributed by atoms with E-state index in [1.54, 1.807) is 4.90 Å². The molecule has 2 unspecified atom stereocenters. The Morgan fingerprint density at radius 2 is 2.24 bits per heavy atom. The molecule has 2 aliphatic rings. The van der Waals surface area contributed by atoms with Crippen molar-refractivity contribution in [3.8, 4) is 0 Å². The summed E-state index contributed by atoms with van der Waals surface area (Å²) >= 11 is 0. The first-order valence-corrected chi connectivity index (χ1v) is 7.56. The third-order valence-corrected chi connectivity index (χ3v) is 4.23. The second-order valence-electron chi connectivity index (χ2n) is 5.88. The quantitative estimate of drug-likeness (QED) is 0.796. The Morgan fingerprint density at radius 1 is 1.38 bits per heavy atom.